The molecular formula is C20H23N3O2. The third kappa shape index (κ3) is 3.36. The van der Waals surface area contributed by atoms with Crippen molar-refractivity contribution in [3.05, 3.63) is 65.7 Å². The molecule has 1 fully saturated rings. The van der Waals surface area contributed by atoms with E-state index in [1.54, 1.807) is 12.0 Å². The van der Waals surface area contributed by atoms with Crippen LogP contribution >= 0.6 is 0 Å². The summed E-state index contributed by atoms with van der Waals surface area (Å²) >= 11 is 0. The molecule has 3 rings (SSSR count). The summed E-state index contributed by atoms with van der Waals surface area (Å²) in [6, 6.07) is 17.6. The molecule has 1 saturated heterocycles. The molecule has 1 unspecified atom stereocenters. The van der Waals surface area contributed by atoms with Crippen molar-refractivity contribution in [2.24, 2.45) is 5.73 Å². The zero-order chi connectivity index (χ0) is 17.9. The second kappa shape index (κ2) is 6.97. The van der Waals surface area contributed by atoms with Gasteiger partial charge in [0.2, 0.25) is 5.91 Å². The van der Waals surface area contributed by atoms with Crippen molar-refractivity contribution in [2.75, 3.05) is 7.11 Å². The molecular weight excluding hydrogens is 314 g/mol. The summed E-state index contributed by atoms with van der Waals surface area (Å²) in [7, 11) is 1.62. The third-order valence-electron chi connectivity index (χ3n) is 4.91. The average Bonchev–Trinajstić information content (AvgIpc) is 2.94. The molecule has 2 aromatic carbocycles. The maximum atomic E-state index is 12.6. The SMILES string of the molecule is COc1ccc(CN2C(=O)CCC2(Cc2ccccc2)C(=N)N)cc1. The van der Waals surface area contributed by atoms with E-state index in [9.17, 15) is 4.79 Å². The number of carbonyl (C=O) groups excluding carboxylic acids is 1. The number of ether oxygens (including phenoxy) is 1. The van der Waals surface area contributed by atoms with E-state index in [-0.39, 0.29) is 11.7 Å². The number of nitrogens with two attached hydrogens (primary N) is 1. The number of benzene rings is 2. The second-order valence-electron chi connectivity index (χ2n) is 6.44. The number of rotatable bonds is 6. The van der Waals surface area contributed by atoms with Crippen molar-refractivity contribution in [1.29, 1.82) is 5.41 Å². The molecule has 1 heterocycles. The fraction of sp³-hybridized carbons (Fsp3) is 0.300. The topological polar surface area (TPSA) is 79.4 Å². The predicted octanol–water partition coefficient (Wildman–Crippen LogP) is 2.74. The van der Waals surface area contributed by atoms with Crippen molar-refractivity contribution in [3.63, 3.8) is 0 Å². The molecule has 1 aliphatic heterocycles. The van der Waals surface area contributed by atoms with Crippen LogP contribution in [0.1, 0.15) is 24.0 Å². The molecule has 25 heavy (non-hydrogen) atoms. The minimum atomic E-state index is -0.752. The highest BCUT2D eigenvalue weighted by Crippen LogP contribution is 2.35. The van der Waals surface area contributed by atoms with Gasteiger partial charge in [-0.15, -0.1) is 0 Å². The highest BCUT2D eigenvalue weighted by atomic mass is 16.5. The fourth-order valence-electron chi connectivity index (χ4n) is 3.47. The van der Waals surface area contributed by atoms with E-state index < -0.39 is 5.54 Å². The maximum Gasteiger partial charge on any atom is 0.223 e. The number of likely N-dealkylation sites (tertiary alicyclic amines) is 1. The van der Waals surface area contributed by atoms with Crippen LogP contribution in [0.3, 0.4) is 0 Å². The number of methoxy groups -OCH3 is 1. The third-order valence-corrected chi connectivity index (χ3v) is 4.91. The summed E-state index contributed by atoms with van der Waals surface area (Å²) in [6.07, 6.45) is 1.56. The molecule has 0 aliphatic carbocycles. The lowest BCUT2D eigenvalue weighted by atomic mass is 9.86. The molecule has 2 aromatic rings. The number of carbonyl (C=O) groups is 1. The van der Waals surface area contributed by atoms with Gasteiger partial charge in [-0.2, -0.15) is 0 Å². The Balaban J connectivity index is 1.90. The standard InChI is InChI=1S/C20H23N3O2/c1-25-17-9-7-16(8-10-17)14-23-18(24)11-12-20(23,19(21)22)13-15-5-3-2-4-6-15/h2-10H,11-14H2,1H3,(H3,21,22). The van der Waals surface area contributed by atoms with Crippen LogP contribution < -0.4 is 10.5 Å². The van der Waals surface area contributed by atoms with Gasteiger partial charge in [0.05, 0.1) is 7.11 Å². The summed E-state index contributed by atoms with van der Waals surface area (Å²) in [4.78, 5) is 14.3. The Hall–Kier alpha value is -2.82. The summed E-state index contributed by atoms with van der Waals surface area (Å²) in [5.74, 6) is 0.872. The Morgan fingerprint density at radius 3 is 2.44 bits per heavy atom. The van der Waals surface area contributed by atoms with Crippen LogP contribution in [-0.4, -0.2) is 29.3 Å². The monoisotopic (exact) mass is 337 g/mol. The summed E-state index contributed by atoms with van der Waals surface area (Å²) in [5, 5.41) is 8.20. The van der Waals surface area contributed by atoms with Crippen LogP contribution in [0.4, 0.5) is 0 Å². The molecule has 0 aromatic heterocycles. The van der Waals surface area contributed by atoms with Gasteiger partial charge in [-0.25, -0.2) is 0 Å². The minimum absolute atomic E-state index is 0.0435. The molecule has 5 nitrogen and oxygen atoms in total. The van der Waals surface area contributed by atoms with Gasteiger partial charge >= 0.3 is 0 Å². The van der Waals surface area contributed by atoms with Crippen LogP contribution in [0.2, 0.25) is 0 Å². The van der Waals surface area contributed by atoms with Gasteiger partial charge in [0.25, 0.3) is 0 Å². The lowest BCUT2D eigenvalue weighted by Gasteiger charge is -2.38. The zero-order valence-corrected chi connectivity index (χ0v) is 14.4. The highest BCUT2D eigenvalue weighted by Gasteiger charge is 2.47. The van der Waals surface area contributed by atoms with Gasteiger partial charge in [0, 0.05) is 19.4 Å². The van der Waals surface area contributed by atoms with Crippen LogP contribution in [0.5, 0.6) is 5.75 Å². The number of hydrogen-bond donors (Lipinski definition) is 2. The molecule has 1 amide bonds. The summed E-state index contributed by atoms with van der Waals surface area (Å²) < 4.78 is 5.18. The Morgan fingerprint density at radius 1 is 1.16 bits per heavy atom. The van der Waals surface area contributed by atoms with E-state index in [4.69, 9.17) is 15.9 Å². The van der Waals surface area contributed by atoms with Crippen molar-refractivity contribution in [1.82, 2.24) is 4.90 Å². The van der Waals surface area contributed by atoms with E-state index >= 15 is 0 Å². The largest absolute Gasteiger partial charge is 0.497 e. The van der Waals surface area contributed by atoms with Gasteiger partial charge in [0.1, 0.15) is 17.1 Å². The van der Waals surface area contributed by atoms with Crippen LogP contribution in [0.25, 0.3) is 0 Å². The first-order valence-electron chi connectivity index (χ1n) is 8.37. The van der Waals surface area contributed by atoms with E-state index in [1.165, 1.54) is 0 Å². The molecule has 5 heteroatoms. The number of nitrogens with one attached hydrogen (secondary N) is 1. The Kier molecular flexibility index (Phi) is 4.74. The Bertz CT molecular complexity index is 758. The molecule has 0 radical (unpaired) electrons. The van der Waals surface area contributed by atoms with Crippen LogP contribution in [-0.2, 0) is 17.8 Å². The first-order valence-corrected chi connectivity index (χ1v) is 8.37. The van der Waals surface area contributed by atoms with Crippen molar-refractivity contribution < 1.29 is 9.53 Å². The first-order chi connectivity index (χ1) is 12.0. The van der Waals surface area contributed by atoms with Crippen LogP contribution in [0, 0.1) is 5.41 Å². The van der Waals surface area contributed by atoms with Gasteiger partial charge < -0.3 is 15.4 Å². The van der Waals surface area contributed by atoms with E-state index in [1.807, 2.05) is 54.6 Å². The predicted molar refractivity (Wildman–Crippen MR) is 97.6 cm³/mol. The molecule has 1 atom stereocenters. The van der Waals surface area contributed by atoms with Crippen molar-refractivity contribution >= 4 is 11.7 Å². The number of amidine groups is 1. The molecule has 0 spiro atoms. The molecule has 0 bridgehead atoms. The molecule has 130 valence electrons. The first kappa shape index (κ1) is 17.0. The van der Waals surface area contributed by atoms with Gasteiger partial charge in [-0.3, -0.25) is 10.2 Å². The molecule has 0 saturated carbocycles. The van der Waals surface area contributed by atoms with Gasteiger partial charge in [-0.05, 0) is 29.7 Å². The molecule has 1 aliphatic rings. The van der Waals surface area contributed by atoms with Crippen LogP contribution in [0.15, 0.2) is 54.6 Å². The molecule has 3 N–H and O–H groups in total. The van der Waals surface area contributed by atoms with E-state index in [0.29, 0.717) is 25.8 Å². The maximum absolute atomic E-state index is 12.6. The Labute approximate surface area is 147 Å². The lowest BCUT2D eigenvalue weighted by molar-refractivity contribution is -0.130. The highest BCUT2D eigenvalue weighted by molar-refractivity contribution is 5.95. The van der Waals surface area contributed by atoms with E-state index in [0.717, 1.165) is 16.9 Å². The second-order valence-corrected chi connectivity index (χ2v) is 6.44. The van der Waals surface area contributed by atoms with Crippen molar-refractivity contribution in [2.45, 2.75) is 31.3 Å². The minimum Gasteiger partial charge on any atom is -0.497 e. The number of nitrogens with zero attached hydrogens (tertiary/aromatic N) is 1. The zero-order valence-electron chi connectivity index (χ0n) is 14.4. The van der Waals surface area contributed by atoms with Gasteiger partial charge in [-0.1, -0.05) is 42.5 Å². The summed E-state index contributed by atoms with van der Waals surface area (Å²) in [5.41, 5.74) is 7.32. The normalized spacial score (nSPS) is 19.9. The quantitative estimate of drug-likeness (QED) is 0.628. The summed E-state index contributed by atoms with van der Waals surface area (Å²) in [6.45, 7) is 0.440. The lowest BCUT2D eigenvalue weighted by Crippen LogP contribution is -2.55. The Morgan fingerprint density at radius 2 is 1.84 bits per heavy atom. The van der Waals surface area contributed by atoms with E-state index in [2.05, 4.69) is 0 Å². The average molecular weight is 337 g/mol. The number of hydrogen-bond acceptors (Lipinski definition) is 3. The number of amides is 1. The fourth-order valence-corrected chi connectivity index (χ4v) is 3.47. The smallest absolute Gasteiger partial charge is 0.223 e. The van der Waals surface area contributed by atoms with Crippen molar-refractivity contribution in [3.8, 4) is 5.75 Å². The van der Waals surface area contributed by atoms with Gasteiger partial charge in [0.15, 0.2) is 0 Å².